The highest BCUT2D eigenvalue weighted by Gasteiger charge is 2.20. The van der Waals surface area contributed by atoms with Crippen molar-refractivity contribution >= 4 is 34.9 Å². The van der Waals surface area contributed by atoms with E-state index >= 15 is 0 Å². The van der Waals surface area contributed by atoms with E-state index in [-0.39, 0.29) is 0 Å². The summed E-state index contributed by atoms with van der Waals surface area (Å²) in [5.74, 6) is 0. The van der Waals surface area contributed by atoms with E-state index in [0.717, 1.165) is 17.6 Å². The van der Waals surface area contributed by atoms with Crippen LogP contribution in [0.25, 0.3) is 5.57 Å². The molecule has 1 aromatic rings. The van der Waals surface area contributed by atoms with Crippen LogP contribution < -0.4 is 5.43 Å². The van der Waals surface area contributed by atoms with Gasteiger partial charge >= 0.3 is 6.09 Å². The summed E-state index contributed by atoms with van der Waals surface area (Å²) in [6.45, 7) is 6.77. The maximum Gasteiger partial charge on any atom is 0.422 e. The second-order valence-corrected chi connectivity index (χ2v) is 6.81. The summed E-state index contributed by atoms with van der Waals surface area (Å²) in [7, 11) is 0. The number of nitrogens with zero attached hydrogens (tertiary/aromatic N) is 2. The van der Waals surface area contributed by atoms with E-state index in [1.54, 1.807) is 12.1 Å². The van der Waals surface area contributed by atoms with Gasteiger partial charge in [-0.3, -0.25) is 5.43 Å². The second kappa shape index (κ2) is 6.86. The summed E-state index contributed by atoms with van der Waals surface area (Å²) in [4.78, 5) is 15.7. The van der Waals surface area contributed by atoms with Gasteiger partial charge in [0.05, 0.1) is 0 Å². The normalized spacial score (nSPS) is 16.1. The first kappa shape index (κ1) is 17.1. The third-order valence-electron chi connectivity index (χ3n) is 2.99. The summed E-state index contributed by atoms with van der Waals surface area (Å²) in [5, 5.41) is 2.55. The first-order chi connectivity index (χ1) is 10.2. The molecule has 0 aromatic carbocycles. The number of hydrazine groups is 1. The summed E-state index contributed by atoms with van der Waals surface area (Å²) >= 11 is 11.8. The Hall–Kier alpha value is -1.30. The molecule has 0 bridgehead atoms. The van der Waals surface area contributed by atoms with Gasteiger partial charge in [0.25, 0.3) is 0 Å². The van der Waals surface area contributed by atoms with Crippen molar-refractivity contribution in [2.24, 2.45) is 0 Å². The molecule has 1 aliphatic heterocycles. The number of halogens is 2. The summed E-state index contributed by atoms with van der Waals surface area (Å²) in [6, 6.07) is 3.58. The lowest BCUT2D eigenvalue weighted by Gasteiger charge is -2.28. The van der Waals surface area contributed by atoms with Gasteiger partial charge in [0.1, 0.15) is 15.9 Å². The number of amides is 1. The summed E-state index contributed by atoms with van der Waals surface area (Å²) < 4.78 is 5.23. The smallest absolute Gasteiger partial charge is 0.422 e. The molecule has 7 heteroatoms. The Kier molecular flexibility index (Phi) is 5.32. The van der Waals surface area contributed by atoms with E-state index < -0.39 is 11.7 Å². The van der Waals surface area contributed by atoms with Crippen LogP contribution in [-0.2, 0) is 4.74 Å². The predicted octanol–water partition coefficient (Wildman–Crippen LogP) is 3.92. The van der Waals surface area contributed by atoms with E-state index in [0.29, 0.717) is 23.4 Å². The molecule has 1 aliphatic rings. The average molecular weight is 344 g/mol. The van der Waals surface area contributed by atoms with Crippen LogP contribution in [0.5, 0.6) is 0 Å². The largest absolute Gasteiger partial charge is 0.443 e. The quantitative estimate of drug-likeness (QED) is 0.827. The lowest BCUT2D eigenvalue weighted by molar-refractivity contribution is 0.0346. The van der Waals surface area contributed by atoms with Crippen LogP contribution in [-0.4, -0.2) is 34.8 Å². The fourth-order valence-corrected chi connectivity index (χ4v) is 2.57. The molecule has 2 rings (SSSR count). The van der Waals surface area contributed by atoms with Gasteiger partial charge in [-0.25, -0.2) is 14.8 Å². The van der Waals surface area contributed by atoms with Gasteiger partial charge in [0.15, 0.2) is 0 Å². The van der Waals surface area contributed by atoms with Crippen molar-refractivity contribution in [2.75, 3.05) is 13.1 Å². The van der Waals surface area contributed by atoms with E-state index in [4.69, 9.17) is 27.9 Å². The Bertz CT molecular complexity index is 577. The highest BCUT2D eigenvalue weighted by atomic mass is 35.5. The van der Waals surface area contributed by atoms with Crippen LogP contribution in [0.2, 0.25) is 10.3 Å². The lowest BCUT2D eigenvalue weighted by atomic mass is 10.0. The zero-order chi connectivity index (χ0) is 16.3. The predicted molar refractivity (Wildman–Crippen MR) is 87.8 cm³/mol. The number of carbonyl (C=O) groups is 1. The highest BCUT2D eigenvalue weighted by molar-refractivity contribution is 6.32. The Labute approximate surface area is 140 Å². The average Bonchev–Trinajstić information content (AvgIpc) is 2.36. The summed E-state index contributed by atoms with van der Waals surface area (Å²) in [5.41, 5.74) is 4.32. The molecular formula is C15H19Cl2N3O2. The SMILES string of the molecule is CC(C)(C)OC(=O)NN1CC=C(c2cc(Cl)nc(Cl)c2)CC1. The number of ether oxygens (including phenoxy) is 1. The molecule has 0 atom stereocenters. The lowest BCUT2D eigenvalue weighted by Crippen LogP contribution is -2.46. The van der Waals surface area contributed by atoms with E-state index in [1.807, 2.05) is 31.9 Å². The van der Waals surface area contributed by atoms with E-state index in [9.17, 15) is 4.79 Å². The molecule has 0 spiro atoms. The van der Waals surface area contributed by atoms with Crippen molar-refractivity contribution in [1.82, 2.24) is 15.4 Å². The molecule has 1 amide bonds. The molecule has 120 valence electrons. The number of pyridine rings is 1. The molecule has 5 nitrogen and oxygen atoms in total. The molecule has 0 unspecified atom stereocenters. The van der Waals surface area contributed by atoms with Crippen molar-refractivity contribution in [3.05, 3.63) is 34.1 Å². The fraction of sp³-hybridized carbons (Fsp3) is 0.467. The molecule has 0 saturated carbocycles. The molecule has 1 N–H and O–H groups in total. The third kappa shape index (κ3) is 5.16. The number of hydrogen-bond acceptors (Lipinski definition) is 4. The Balaban J connectivity index is 1.96. The van der Waals surface area contributed by atoms with Crippen LogP contribution in [0, 0.1) is 0 Å². The van der Waals surface area contributed by atoms with Crippen molar-refractivity contribution < 1.29 is 9.53 Å². The van der Waals surface area contributed by atoms with E-state index in [1.165, 1.54) is 0 Å². The monoisotopic (exact) mass is 343 g/mol. The molecule has 1 aromatic heterocycles. The minimum absolute atomic E-state index is 0.373. The topological polar surface area (TPSA) is 54.5 Å². The van der Waals surface area contributed by atoms with Gasteiger partial charge < -0.3 is 4.74 Å². The van der Waals surface area contributed by atoms with Crippen LogP contribution in [0.15, 0.2) is 18.2 Å². The number of carbonyl (C=O) groups excluding carboxylic acids is 1. The number of hydrogen-bond donors (Lipinski definition) is 1. The molecule has 0 fully saturated rings. The van der Waals surface area contributed by atoms with Crippen LogP contribution >= 0.6 is 23.2 Å². The number of rotatable bonds is 2. The fourth-order valence-electron chi connectivity index (χ4n) is 2.11. The maximum atomic E-state index is 11.7. The minimum Gasteiger partial charge on any atom is -0.443 e. The van der Waals surface area contributed by atoms with Crippen molar-refractivity contribution in [3.63, 3.8) is 0 Å². The van der Waals surface area contributed by atoms with Crippen molar-refractivity contribution in [3.8, 4) is 0 Å². The zero-order valence-corrected chi connectivity index (χ0v) is 14.3. The molecule has 2 heterocycles. The first-order valence-corrected chi connectivity index (χ1v) is 7.75. The summed E-state index contributed by atoms with van der Waals surface area (Å²) in [6.07, 6.45) is 2.36. The minimum atomic E-state index is -0.509. The third-order valence-corrected chi connectivity index (χ3v) is 3.38. The Morgan fingerprint density at radius 1 is 1.32 bits per heavy atom. The Morgan fingerprint density at radius 3 is 2.45 bits per heavy atom. The van der Waals surface area contributed by atoms with Crippen molar-refractivity contribution in [1.29, 1.82) is 0 Å². The highest BCUT2D eigenvalue weighted by Crippen LogP contribution is 2.25. The van der Waals surface area contributed by atoms with Gasteiger partial charge in [-0.2, -0.15) is 0 Å². The molecule has 0 saturated heterocycles. The molecule has 0 radical (unpaired) electrons. The number of aromatic nitrogens is 1. The van der Waals surface area contributed by atoms with Crippen LogP contribution in [0.3, 0.4) is 0 Å². The Morgan fingerprint density at radius 2 is 1.95 bits per heavy atom. The van der Waals surface area contributed by atoms with Gasteiger partial charge in [-0.05, 0) is 50.5 Å². The van der Waals surface area contributed by atoms with Gasteiger partial charge in [0.2, 0.25) is 0 Å². The van der Waals surface area contributed by atoms with E-state index in [2.05, 4.69) is 10.4 Å². The van der Waals surface area contributed by atoms with Crippen LogP contribution in [0.1, 0.15) is 32.8 Å². The second-order valence-electron chi connectivity index (χ2n) is 6.04. The van der Waals surface area contributed by atoms with Gasteiger partial charge in [-0.1, -0.05) is 29.3 Å². The zero-order valence-electron chi connectivity index (χ0n) is 12.8. The van der Waals surface area contributed by atoms with Crippen molar-refractivity contribution in [2.45, 2.75) is 32.8 Å². The number of nitrogens with one attached hydrogen (secondary N) is 1. The van der Waals surface area contributed by atoms with Crippen LogP contribution in [0.4, 0.5) is 4.79 Å². The molecule has 0 aliphatic carbocycles. The molecular weight excluding hydrogens is 325 g/mol. The first-order valence-electron chi connectivity index (χ1n) is 7.00. The molecule has 22 heavy (non-hydrogen) atoms. The van der Waals surface area contributed by atoms with Gasteiger partial charge in [-0.15, -0.1) is 0 Å². The standard InChI is InChI=1S/C15H19Cl2N3O2/c1-15(2,3)22-14(21)19-20-6-4-10(5-7-20)11-8-12(16)18-13(17)9-11/h4,8-9H,5-7H2,1-3H3,(H,19,21). The maximum absolute atomic E-state index is 11.7. The van der Waals surface area contributed by atoms with Gasteiger partial charge in [0, 0.05) is 13.1 Å².